The molecule has 1 aromatic heterocycles. The third-order valence-corrected chi connectivity index (χ3v) is 5.63. The van der Waals surface area contributed by atoms with Gasteiger partial charge in [-0.2, -0.15) is 9.36 Å². The van der Waals surface area contributed by atoms with E-state index in [2.05, 4.69) is 14.7 Å². The normalized spacial score (nSPS) is 14.6. The van der Waals surface area contributed by atoms with Crippen molar-refractivity contribution >= 4 is 22.6 Å². The molecule has 4 rings (SSSR count). The molecule has 7 heteroatoms. The van der Waals surface area contributed by atoms with Crippen LogP contribution in [0.25, 0.3) is 11.4 Å². The van der Waals surface area contributed by atoms with Crippen molar-refractivity contribution in [2.45, 2.75) is 25.8 Å². The Morgan fingerprint density at radius 2 is 1.86 bits per heavy atom. The second-order valence-electron chi connectivity index (χ2n) is 6.96. The van der Waals surface area contributed by atoms with Gasteiger partial charge in [-0.1, -0.05) is 30.3 Å². The molecule has 1 amide bonds. The highest BCUT2D eigenvalue weighted by Gasteiger charge is 2.24. The summed E-state index contributed by atoms with van der Waals surface area (Å²) in [4.78, 5) is 19.3. The SMILES string of the molecule is CCOc1ccc(C(=O)N2CCC(Nc3nc(-c4ccccc4)ns3)CC2)cc1. The molecule has 1 aliphatic rings. The number of anilines is 1. The van der Waals surface area contributed by atoms with E-state index in [1.165, 1.54) is 11.5 Å². The van der Waals surface area contributed by atoms with Crippen LogP contribution in [0.4, 0.5) is 5.13 Å². The first-order valence-electron chi connectivity index (χ1n) is 9.90. The molecule has 1 saturated heterocycles. The first kappa shape index (κ1) is 19.4. The number of aromatic nitrogens is 2. The van der Waals surface area contributed by atoms with Gasteiger partial charge in [0.15, 0.2) is 5.82 Å². The fourth-order valence-electron chi connectivity index (χ4n) is 3.43. The van der Waals surface area contributed by atoms with E-state index in [9.17, 15) is 4.79 Å². The maximum atomic E-state index is 12.7. The van der Waals surface area contributed by atoms with Crippen molar-refractivity contribution in [2.24, 2.45) is 0 Å². The highest BCUT2D eigenvalue weighted by Crippen LogP contribution is 2.24. The summed E-state index contributed by atoms with van der Waals surface area (Å²) in [5.74, 6) is 1.62. The number of nitrogens with zero attached hydrogens (tertiary/aromatic N) is 3. The summed E-state index contributed by atoms with van der Waals surface area (Å²) in [6.07, 6.45) is 1.78. The van der Waals surface area contributed by atoms with Gasteiger partial charge in [0.1, 0.15) is 5.75 Å². The Labute approximate surface area is 174 Å². The minimum absolute atomic E-state index is 0.0776. The summed E-state index contributed by atoms with van der Waals surface area (Å²) >= 11 is 1.38. The van der Waals surface area contributed by atoms with Gasteiger partial charge in [-0.05, 0) is 44.0 Å². The van der Waals surface area contributed by atoms with E-state index in [0.717, 1.165) is 48.2 Å². The average molecular weight is 409 g/mol. The number of nitrogens with one attached hydrogen (secondary N) is 1. The lowest BCUT2D eigenvalue weighted by molar-refractivity contribution is 0.0718. The van der Waals surface area contributed by atoms with E-state index in [1.54, 1.807) is 0 Å². The van der Waals surface area contributed by atoms with Crippen molar-refractivity contribution in [1.82, 2.24) is 14.3 Å². The number of carbonyl (C=O) groups is 1. The molecule has 1 N–H and O–H groups in total. The number of piperidine rings is 1. The molecule has 0 unspecified atom stereocenters. The maximum absolute atomic E-state index is 12.7. The largest absolute Gasteiger partial charge is 0.494 e. The average Bonchev–Trinajstić information content (AvgIpc) is 3.24. The van der Waals surface area contributed by atoms with Crippen LogP contribution in [-0.2, 0) is 0 Å². The van der Waals surface area contributed by atoms with Crippen LogP contribution in [0.2, 0.25) is 0 Å². The molecule has 6 nitrogen and oxygen atoms in total. The third-order valence-electron chi connectivity index (χ3n) is 4.98. The van der Waals surface area contributed by atoms with Crippen molar-refractivity contribution in [3.63, 3.8) is 0 Å². The molecule has 0 spiro atoms. The second-order valence-corrected chi connectivity index (χ2v) is 7.71. The van der Waals surface area contributed by atoms with Crippen LogP contribution in [0, 0.1) is 0 Å². The smallest absolute Gasteiger partial charge is 0.253 e. The maximum Gasteiger partial charge on any atom is 0.253 e. The zero-order valence-electron chi connectivity index (χ0n) is 16.4. The second kappa shape index (κ2) is 9.05. The van der Waals surface area contributed by atoms with E-state index in [1.807, 2.05) is 66.4 Å². The zero-order valence-corrected chi connectivity index (χ0v) is 17.2. The van der Waals surface area contributed by atoms with E-state index in [0.29, 0.717) is 18.2 Å². The third kappa shape index (κ3) is 4.74. The van der Waals surface area contributed by atoms with Crippen LogP contribution in [0.15, 0.2) is 54.6 Å². The van der Waals surface area contributed by atoms with Gasteiger partial charge in [0.05, 0.1) is 6.61 Å². The number of benzene rings is 2. The van der Waals surface area contributed by atoms with Gasteiger partial charge in [0.2, 0.25) is 5.13 Å². The predicted octanol–water partition coefficient (Wildman–Crippen LogP) is 4.32. The van der Waals surface area contributed by atoms with Gasteiger partial charge < -0.3 is 15.0 Å². The summed E-state index contributed by atoms with van der Waals surface area (Å²) in [5.41, 5.74) is 1.73. The van der Waals surface area contributed by atoms with E-state index in [4.69, 9.17) is 4.74 Å². The number of hydrogen-bond acceptors (Lipinski definition) is 6. The Morgan fingerprint density at radius 1 is 1.14 bits per heavy atom. The summed E-state index contributed by atoms with van der Waals surface area (Å²) in [7, 11) is 0. The summed E-state index contributed by atoms with van der Waals surface area (Å²) < 4.78 is 9.89. The van der Waals surface area contributed by atoms with Gasteiger partial charge >= 0.3 is 0 Å². The molecule has 29 heavy (non-hydrogen) atoms. The number of amides is 1. The number of likely N-dealkylation sites (tertiary alicyclic amines) is 1. The monoisotopic (exact) mass is 408 g/mol. The van der Waals surface area contributed by atoms with Crippen LogP contribution >= 0.6 is 11.5 Å². The fraction of sp³-hybridized carbons (Fsp3) is 0.318. The lowest BCUT2D eigenvalue weighted by Gasteiger charge is -2.32. The van der Waals surface area contributed by atoms with Gasteiger partial charge in [0.25, 0.3) is 5.91 Å². The summed E-state index contributed by atoms with van der Waals surface area (Å²) in [5, 5.41) is 4.32. The Bertz CT molecular complexity index is 935. The van der Waals surface area contributed by atoms with Crippen LogP contribution < -0.4 is 10.1 Å². The molecule has 3 aromatic rings. The zero-order chi connectivity index (χ0) is 20.1. The van der Waals surface area contributed by atoms with Gasteiger partial charge in [-0.25, -0.2) is 0 Å². The summed E-state index contributed by atoms with van der Waals surface area (Å²) in [6, 6.07) is 17.7. The van der Waals surface area contributed by atoms with Gasteiger partial charge in [-0.15, -0.1) is 0 Å². The molecule has 2 heterocycles. The first-order chi connectivity index (χ1) is 14.2. The molecule has 0 aliphatic carbocycles. The van der Waals surface area contributed by atoms with Crippen LogP contribution in [0.3, 0.4) is 0 Å². The molecule has 1 fully saturated rings. The molecule has 1 aliphatic heterocycles. The molecule has 0 bridgehead atoms. The summed E-state index contributed by atoms with van der Waals surface area (Å²) in [6.45, 7) is 4.03. The fourth-order valence-corrected chi connectivity index (χ4v) is 4.10. The molecule has 150 valence electrons. The highest BCUT2D eigenvalue weighted by molar-refractivity contribution is 7.09. The molecule has 0 radical (unpaired) electrons. The number of hydrogen-bond donors (Lipinski definition) is 1. The first-order valence-corrected chi connectivity index (χ1v) is 10.7. The van der Waals surface area contributed by atoms with Crippen molar-refractivity contribution in [3.05, 3.63) is 60.2 Å². The van der Waals surface area contributed by atoms with Crippen LogP contribution in [0.1, 0.15) is 30.1 Å². The van der Waals surface area contributed by atoms with Crippen molar-refractivity contribution in [3.8, 4) is 17.1 Å². The Kier molecular flexibility index (Phi) is 6.05. The Hall–Kier alpha value is -2.93. The van der Waals surface area contributed by atoms with Gasteiger partial charge in [-0.3, -0.25) is 4.79 Å². The number of rotatable bonds is 6. The van der Waals surface area contributed by atoms with E-state index < -0.39 is 0 Å². The minimum atomic E-state index is 0.0776. The predicted molar refractivity (Wildman–Crippen MR) is 116 cm³/mol. The van der Waals surface area contributed by atoms with Crippen molar-refractivity contribution in [2.75, 3.05) is 25.0 Å². The molecular formula is C22H24N4O2S. The van der Waals surface area contributed by atoms with E-state index >= 15 is 0 Å². The Morgan fingerprint density at radius 3 is 2.55 bits per heavy atom. The lowest BCUT2D eigenvalue weighted by atomic mass is 10.0. The van der Waals surface area contributed by atoms with Crippen molar-refractivity contribution in [1.29, 1.82) is 0 Å². The van der Waals surface area contributed by atoms with Crippen molar-refractivity contribution < 1.29 is 9.53 Å². The topological polar surface area (TPSA) is 67.3 Å². The molecular weight excluding hydrogens is 384 g/mol. The number of ether oxygens (including phenoxy) is 1. The molecule has 2 aromatic carbocycles. The van der Waals surface area contributed by atoms with Crippen LogP contribution in [0.5, 0.6) is 5.75 Å². The van der Waals surface area contributed by atoms with Crippen LogP contribution in [-0.4, -0.2) is 45.9 Å². The molecule has 0 atom stereocenters. The minimum Gasteiger partial charge on any atom is -0.494 e. The standard InChI is InChI=1S/C22H24N4O2S/c1-2-28-19-10-8-17(9-11-19)21(27)26-14-12-18(13-15-26)23-22-24-20(25-29-22)16-6-4-3-5-7-16/h3-11,18H,2,12-15H2,1H3,(H,23,24,25). The lowest BCUT2D eigenvalue weighted by Crippen LogP contribution is -2.42. The quantitative estimate of drug-likeness (QED) is 0.658. The Balaban J connectivity index is 1.30. The van der Waals surface area contributed by atoms with E-state index in [-0.39, 0.29) is 5.91 Å². The number of carbonyl (C=O) groups excluding carboxylic acids is 1. The highest BCUT2D eigenvalue weighted by atomic mass is 32.1. The molecule has 0 saturated carbocycles. The van der Waals surface area contributed by atoms with Gasteiger partial charge in [0, 0.05) is 41.8 Å².